The molecule has 0 aromatic heterocycles. The number of hydrogen-bond donors (Lipinski definition) is 1. The van der Waals surface area contributed by atoms with E-state index in [1.807, 2.05) is 13.0 Å². The van der Waals surface area contributed by atoms with E-state index in [1.165, 1.54) is 24.8 Å². The van der Waals surface area contributed by atoms with Gasteiger partial charge in [-0.25, -0.2) is 0 Å². The molecule has 0 heterocycles. The van der Waals surface area contributed by atoms with Gasteiger partial charge in [-0.15, -0.1) is 5.73 Å². The molecule has 1 aromatic rings. The molecule has 1 unspecified atom stereocenters. The van der Waals surface area contributed by atoms with Crippen LogP contribution >= 0.6 is 0 Å². The average molecular weight is 366 g/mol. The summed E-state index contributed by atoms with van der Waals surface area (Å²) in [6, 6.07) is 2.91. The van der Waals surface area contributed by atoms with Crippen LogP contribution in [0.25, 0.3) is 6.08 Å². The molecule has 1 fully saturated rings. The molecular formula is C21H25F3O2. The highest BCUT2D eigenvalue weighted by atomic mass is 19.4. The lowest BCUT2D eigenvalue weighted by Gasteiger charge is -2.32. The molecule has 0 spiro atoms. The quantitative estimate of drug-likeness (QED) is 0.518. The van der Waals surface area contributed by atoms with Crippen LogP contribution in [0.4, 0.5) is 13.2 Å². The second-order valence-corrected chi connectivity index (χ2v) is 6.79. The smallest absolute Gasteiger partial charge is 0.421 e. The molecule has 1 aliphatic rings. The Morgan fingerprint density at radius 3 is 2.50 bits per heavy atom. The molecule has 1 atom stereocenters. The second-order valence-electron chi connectivity index (χ2n) is 6.79. The molecule has 26 heavy (non-hydrogen) atoms. The molecule has 0 radical (unpaired) electrons. The minimum atomic E-state index is -4.76. The normalized spacial score (nSPS) is 17.3. The van der Waals surface area contributed by atoms with Gasteiger partial charge in [0, 0.05) is 11.5 Å². The minimum Gasteiger partial charge on any atom is -0.496 e. The molecular weight excluding hydrogens is 341 g/mol. The summed E-state index contributed by atoms with van der Waals surface area (Å²) < 4.78 is 46.1. The highest BCUT2D eigenvalue weighted by Gasteiger charge is 2.63. The highest BCUT2D eigenvalue weighted by Crippen LogP contribution is 2.56. The highest BCUT2D eigenvalue weighted by molar-refractivity contribution is 5.59. The van der Waals surface area contributed by atoms with Gasteiger partial charge in [-0.2, -0.15) is 13.2 Å². The van der Waals surface area contributed by atoms with Gasteiger partial charge in [0.15, 0.2) is 5.60 Å². The number of aryl methyl sites for hydroxylation is 1. The first kappa shape index (κ1) is 20.3. The molecule has 142 valence electrons. The number of alkyl halides is 3. The van der Waals surface area contributed by atoms with Crippen LogP contribution in [0.3, 0.4) is 0 Å². The number of hydrogen-bond acceptors (Lipinski definition) is 2. The predicted molar refractivity (Wildman–Crippen MR) is 97.0 cm³/mol. The summed E-state index contributed by atoms with van der Waals surface area (Å²) in [6.07, 6.45) is 2.30. The van der Waals surface area contributed by atoms with Crippen LogP contribution in [-0.2, 0) is 5.60 Å². The Bertz CT molecular complexity index is 751. The van der Waals surface area contributed by atoms with E-state index in [0.717, 1.165) is 6.42 Å². The van der Waals surface area contributed by atoms with Crippen LogP contribution in [0, 0.1) is 12.8 Å². The summed E-state index contributed by atoms with van der Waals surface area (Å²) in [7, 11) is 1.31. The van der Waals surface area contributed by atoms with Gasteiger partial charge in [0.25, 0.3) is 0 Å². The van der Waals surface area contributed by atoms with Crippen LogP contribution < -0.4 is 4.74 Å². The zero-order chi connectivity index (χ0) is 19.5. The summed E-state index contributed by atoms with van der Waals surface area (Å²) >= 11 is 0. The van der Waals surface area contributed by atoms with Crippen LogP contribution in [-0.4, -0.2) is 18.4 Å². The van der Waals surface area contributed by atoms with Crippen molar-refractivity contribution < 1.29 is 23.0 Å². The third-order valence-electron chi connectivity index (χ3n) is 4.86. The summed E-state index contributed by atoms with van der Waals surface area (Å²) in [5.74, 6) is -0.782. The molecule has 1 aromatic carbocycles. The molecule has 5 heteroatoms. The zero-order valence-electron chi connectivity index (χ0n) is 15.6. The molecule has 2 rings (SSSR count). The Hall–Kier alpha value is -1.97. The lowest BCUT2D eigenvalue weighted by Crippen LogP contribution is -2.44. The first-order chi connectivity index (χ1) is 12.1. The van der Waals surface area contributed by atoms with Crippen molar-refractivity contribution in [3.8, 4) is 5.75 Å². The van der Waals surface area contributed by atoms with E-state index < -0.39 is 17.7 Å². The Morgan fingerprint density at radius 1 is 1.35 bits per heavy atom. The van der Waals surface area contributed by atoms with Crippen LogP contribution in [0.5, 0.6) is 5.75 Å². The van der Waals surface area contributed by atoms with Crippen LogP contribution in [0.1, 0.15) is 49.8 Å². The lowest BCUT2D eigenvalue weighted by atomic mass is 9.85. The fraction of sp³-hybridized carbons (Fsp3) is 0.476. The van der Waals surface area contributed by atoms with Crippen molar-refractivity contribution in [2.45, 2.75) is 51.8 Å². The average Bonchev–Trinajstić information content (AvgIpc) is 3.42. The van der Waals surface area contributed by atoms with Crippen molar-refractivity contribution >= 4 is 6.08 Å². The number of methoxy groups -OCH3 is 1. The monoisotopic (exact) mass is 366 g/mol. The molecule has 1 N–H and O–H groups in total. The number of rotatable bonds is 6. The first-order valence-corrected chi connectivity index (χ1v) is 8.71. The third kappa shape index (κ3) is 4.05. The number of aliphatic hydroxyl groups is 1. The Morgan fingerprint density at radius 2 is 2.00 bits per heavy atom. The van der Waals surface area contributed by atoms with Gasteiger partial charge in [0.05, 0.1) is 7.11 Å². The summed E-state index contributed by atoms with van der Waals surface area (Å²) in [5.41, 5.74) is 2.46. The number of ether oxygens (including phenoxy) is 1. The van der Waals surface area contributed by atoms with Gasteiger partial charge >= 0.3 is 6.18 Å². The number of benzene rings is 1. The zero-order valence-corrected chi connectivity index (χ0v) is 15.6. The van der Waals surface area contributed by atoms with Crippen molar-refractivity contribution in [1.82, 2.24) is 0 Å². The molecule has 0 bridgehead atoms. The lowest BCUT2D eigenvalue weighted by molar-refractivity contribution is -0.275. The predicted octanol–water partition coefficient (Wildman–Crippen LogP) is 5.69. The van der Waals surface area contributed by atoms with E-state index in [0.29, 0.717) is 24.0 Å². The van der Waals surface area contributed by atoms with Gasteiger partial charge in [0.2, 0.25) is 0 Å². The Kier molecular flexibility index (Phi) is 6.05. The van der Waals surface area contributed by atoms with E-state index in [1.54, 1.807) is 19.1 Å². The van der Waals surface area contributed by atoms with Crippen molar-refractivity contribution in [3.05, 3.63) is 52.3 Å². The van der Waals surface area contributed by atoms with Gasteiger partial charge in [-0.05, 0) is 68.5 Å². The van der Waals surface area contributed by atoms with E-state index in [9.17, 15) is 18.3 Å². The van der Waals surface area contributed by atoms with Gasteiger partial charge in [-0.3, -0.25) is 0 Å². The molecule has 2 nitrogen and oxygen atoms in total. The van der Waals surface area contributed by atoms with E-state index in [2.05, 4.69) is 12.7 Å². The maximum absolute atomic E-state index is 13.6. The summed E-state index contributed by atoms with van der Waals surface area (Å²) in [6.45, 7) is 5.78. The fourth-order valence-corrected chi connectivity index (χ4v) is 2.88. The fourth-order valence-electron chi connectivity index (χ4n) is 2.88. The minimum absolute atomic E-state index is 0.0376. The number of halogens is 3. The molecule has 0 aliphatic heterocycles. The Balaban J connectivity index is 2.49. The Labute approximate surface area is 152 Å². The maximum Gasteiger partial charge on any atom is 0.421 e. The summed E-state index contributed by atoms with van der Waals surface area (Å²) in [4.78, 5) is 0. The molecule has 1 saturated carbocycles. The molecule has 0 amide bonds. The van der Waals surface area contributed by atoms with Crippen LogP contribution in [0.2, 0.25) is 0 Å². The van der Waals surface area contributed by atoms with E-state index in [4.69, 9.17) is 4.74 Å². The van der Waals surface area contributed by atoms with Crippen molar-refractivity contribution in [3.63, 3.8) is 0 Å². The topological polar surface area (TPSA) is 29.5 Å². The van der Waals surface area contributed by atoms with Gasteiger partial charge in [0.1, 0.15) is 5.75 Å². The van der Waals surface area contributed by atoms with Gasteiger partial charge in [-0.1, -0.05) is 18.6 Å². The summed E-state index contributed by atoms with van der Waals surface area (Å²) in [5, 5.41) is 10.5. The standard InChI is InChI=1S/C21H25F3O2/c1-5-14(2)8-6-7-9-16-13-19(26-4)18(12-15(16)3)20(25,17-10-11-17)21(22,23)24/h6,8-9,12-13,17,25H,5,10-11H2,1-4H3/b14-8+. The van der Waals surface area contributed by atoms with Gasteiger partial charge < -0.3 is 9.84 Å². The van der Waals surface area contributed by atoms with Crippen molar-refractivity contribution in [2.24, 2.45) is 5.92 Å². The second kappa shape index (κ2) is 7.73. The van der Waals surface area contributed by atoms with E-state index in [-0.39, 0.29) is 11.3 Å². The van der Waals surface area contributed by atoms with Crippen molar-refractivity contribution in [2.75, 3.05) is 7.11 Å². The largest absolute Gasteiger partial charge is 0.496 e. The van der Waals surface area contributed by atoms with Crippen LogP contribution in [0.15, 0.2) is 35.6 Å². The molecule has 0 saturated heterocycles. The SMILES string of the molecule is CC/C(C)=C/C=C=Cc1cc(OC)c(C(O)(C2CC2)C(F)(F)F)cc1C. The van der Waals surface area contributed by atoms with Crippen molar-refractivity contribution in [1.29, 1.82) is 0 Å². The molecule has 1 aliphatic carbocycles. The maximum atomic E-state index is 13.6. The number of allylic oxidation sites excluding steroid dienone is 3. The third-order valence-corrected chi connectivity index (χ3v) is 4.86. The first-order valence-electron chi connectivity index (χ1n) is 8.71. The van der Waals surface area contributed by atoms with E-state index >= 15 is 0 Å².